The van der Waals surface area contributed by atoms with E-state index in [1.54, 1.807) is 18.3 Å². The predicted molar refractivity (Wildman–Crippen MR) is 91.0 cm³/mol. The van der Waals surface area contributed by atoms with Crippen LogP contribution in [0.25, 0.3) is 0 Å². The van der Waals surface area contributed by atoms with Crippen molar-refractivity contribution >= 4 is 12.1 Å². The molecule has 0 radical (unpaired) electrons. The Morgan fingerprint density at radius 3 is 2.54 bits per heavy atom. The van der Waals surface area contributed by atoms with Crippen LogP contribution in [0.2, 0.25) is 0 Å². The molecular weight excluding hydrogens is 304 g/mol. The standard InChI is InChI=1S/C19H16N2O3/c22-19(18-7-4-12-23-18)21-20-13-15-8-10-17(11-9-15)24-14-16-5-2-1-3-6-16/h1-13H,14H2,(H,21,22). The molecule has 0 fully saturated rings. The third-order valence-electron chi connectivity index (χ3n) is 3.25. The summed E-state index contributed by atoms with van der Waals surface area (Å²) in [6.07, 6.45) is 2.99. The summed E-state index contributed by atoms with van der Waals surface area (Å²) >= 11 is 0. The molecule has 0 saturated heterocycles. The number of ether oxygens (including phenoxy) is 1. The van der Waals surface area contributed by atoms with Crippen LogP contribution in [0, 0.1) is 0 Å². The van der Waals surface area contributed by atoms with Gasteiger partial charge in [-0.05, 0) is 47.5 Å². The lowest BCUT2D eigenvalue weighted by molar-refractivity contribution is 0.0927. The maximum atomic E-state index is 11.6. The summed E-state index contributed by atoms with van der Waals surface area (Å²) in [5.41, 5.74) is 4.36. The average Bonchev–Trinajstić information content (AvgIpc) is 3.17. The van der Waals surface area contributed by atoms with Crippen molar-refractivity contribution in [1.82, 2.24) is 5.43 Å². The van der Waals surface area contributed by atoms with Gasteiger partial charge in [0.05, 0.1) is 12.5 Å². The monoisotopic (exact) mass is 320 g/mol. The summed E-state index contributed by atoms with van der Waals surface area (Å²) in [5.74, 6) is 0.603. The van der Waals surface area contributed by atoms with Gasteiger partial charge in [0.1, 0.15) is 12.4 Å². The van der Waals surface area contributed by atoms with E-state index in [0.29, 0.717) is 6.61 Å². The molecule has 0 unspecified atom stereocenters. The molecule has 1 amide bonds. The van der Waals surface area contributed by atoms with Crippen molar-refractivity contribution in [2.45, 2.75) is 6.61 Å². The van der Waals surface area contributed by atoms with Crippen LogP contribution in [0.5, 0.6) is 5.75 Å². The fourth-order valence-electron chi connectivity index (χ4n) is 2.02. The first kappa shape index (κ1) is 15.6. The smallest absolute Gasteiger partial charge is 0.307 e. The van der Waals surface area contributed by atoms with Gasteiger partial charge in [-0.1, -0.05) is 30.3 Å². The lowest BCUT2D eigenvalue weighted by Gasteiger charge is -2.06. The summed E-state index contributed by atoms with van der Waals surface area (Å²) in [4.78, 5) is 11.6. The first-order chi connectivity index (χ1) is 11.8. The molecule has 2 aromatic carbocycles. The molecule has 1 aromatic heterocycles. The molecule has 3 aromatic rings. The van der Waals surface area contributed by atoms with Crippen LogP contribution >= 0.6 is 0 Å². The highest BCUT2D eigenvalue weighted by Gasteiger charge is 2.05. The summed E-state index contributed by atoms with van der Waals surface area (Å²) in [5, 5.41) is 3.90. The van der Waals surface area contributed by atoms with Crippen molar-refractivity contribution in [3.63, 3.8) is 0 Å². The van der Waals surface area contributed by atoms with Gasteiger partial charge in [0, 0.05) is 0 Å². The van der Waals surface area contributed by atoms with Crippen LogP contribution in [0.15, 0.2) is 82.5 Å². The molecule has 1 N–H and O–H groups in total. The van der Waals surface area contributed by atoms with E-state index < -0.39 is 0 Å². The highest BCUT2D eigenvalue weighted by atomic mass is 16.5. The van der Waals surface area contributed by atoms with Gasteiger partial charge in [0.25, 0.3) is 0 Å². The summed E-state index contributed by atoms with van der Waals surface area (Å²) < 4.78 is 10.7. The predicted octanol–water partition coefficient (Wildman–Crippen LogP) is 3.62. The Labute approximate surface area is 139 Å². The molecule has 5 heteroatoms. The molecule has 5 nitrogen and oxygen atoms in total. The Balaban J connectivity index is 1.51. The van der Waals surface area contributed by atoms with E-state index in [1.807, 2.05) is 54.6 Å². The van der Waals surface area contributed by atoms with Crippen molar-refractivity contribution in [2.75, 3.05) is 0 Å². The number of carbonyl (C=O) groups excluding carboxylic acids is 1. The van der Waals surface area contributed by atoms with Crippen molar-refractivity contribution in [2.24, 2.45) is 5.10 Å². The minimum absolute atomic E-state index is 0.219. The molecule has 120 valence electrons. The molecule has 0 bridgehead atoms. The third kappa shape index (κ3) is 4.33. The zero-order valence-corrected chi connectivity index (χ0v) is 12.9. The largest absolute Gasteiger partial charge is 0.489 e. The molecule has 0 aliphatic rings. The fourth-order valence-corrected chi connectivity index (χ4v) is 2.02. The van der Waals surface area contributed by atoms with Crippen molar-refractivity contribution in [3.8, 4) is 5.75 Å². The third-order valence-corrected chi connectivity index (χ3v) is 3.25. The quantitative estimate of drug-likeness (QED) is 0.557. The van der Waals surface area contributed by atoms with E-state index in [1.165, 1.54) is 6.26 Å². The lowest BCUT2D eigenvalue weighted by Crippen LogP contribution is -2.16. The number of carbonyl (C=O) groups is 1. The second-order valence-corrected chi connectivity index (χ2v) is 5.02. The first-order valence-electron chi connectivity index (χ1n) is 7.45. The molecule has 0 aliphatic carbocycles. The average molecular weight is 320 g/mol. The van der Waals surface area contributed by atoms with Crippen LogP contribution in [0.3, 0.4) is 0 Å². The second-order valence-electron chi connectivity index (χ2n) is 5.02. The van der Waals surface area contributed by atoms with E-state index in [9.17, 15) is 4.79 Å². The maximum absolute atomic E-state index is 11.6. The molecule has 3 rings (SSSR count). The fraction of sp³-hybridized carbons (Fsp3) is 0.0526. The molecule has 0 saturated carbocycles. The highest BCUT2D eigenvalue weighted by Crippen LogP contribution is 2.13. The zero-order chi connectivity index (χ0) is 16.6. The second kappa shape index (κ2) is 7.78. The number of nitrogens with one attached hydrogen (secondary N) is 1. The van der Waals surface area contributed by atoms with Crippen molar-refractivity contribution < 1.29 is 13.9 Å². The van der Waals surface area contributed by atoms with E-state index in [0.717, 1.165) is 16.9 Å². The Kier molecular flexibility index (Phi) is 5.04. The van der Waals surface area contributed by atoms with Crippen molar-refractivity contribution in [3.05, 3.63) is 89.9 Å². The number of furan rings is 1. The van der Waals surface area contributed by atoms with E-state index in [2.05, 4.69) is 10.5 Å². The summed E-state index contributed by atoms with van der Waals surface area (Å²) in [7, 11) is 0. The Hall–Kier alpha value is -3.34. The molecule has 24 heavy (non-hydrogen) atoms. The minimum Gasteiger partial charge on any atom is -0.489 e. The molecule has 0 atom stereocenters. The zero-order valence-electron chi connectivity index (χ0n) is 12.9. The minimum atomic E-state index is -0.390. The number of hydrazone groups is 1. The highest BCUT2D eigenvalue weighted by molar-refractivity contribution is 5.92. The number of amides is 1. The Morgan fingerprint density at radius 1 is 1.04 bits per heavy atom. The first-order valence-corrected chi connectivity index (χ1v) is 7.45. The normalized spacial score (nSPS) is 10.7. The SMILES string of the molecule is O=C(NN=Cc1ccc(OCc2ccccc2)cc1)c1ccco1. The molecular formula is C19H16N2O3. The van der Waals surface area contributed by atoms with E-state index >= 15 is 0 Å². The van der Waals surface area contributed by atoms with Crippen LogP contribution in [0.1, 0.15) is 21.7 Å². The van der Waals surface area contributed by atoms with Gasteiger partial charge in [-0.25, -0.2) is 5.43 Å². The van der Waals surface area contributed by atoms with Crippen LogP contribution < -0.4 is 10.2 Å². The molecule has 1 heterocycles. The van der Waals surface area contributed by atoms with Gasteiger partial charge in [0.2, 0.25) is 0 Å². The maximum Gasteiger partial charge on any atom is 0.307 e. The molecule has 0 aliphatic heterocycles. The van der Waals surface area contributed by atoms with Crippen molar-refractivity contribution in [1.29, 1.82) is 0 Å². The van der Waals surface area contributed by atoms with Crippen LogP contribution in [-0.2, 0) is 6.61 Å². The van der Waals surface area contributed by atoms with Gasteiger partial charge in [-0.15, -0.1) is 0 Å². The van der Waals surface area contributed by atoms with Gasteiger partial charge >= 0.3 is 5.91 Å². The topological polar surface area (TPSA) is 63.8 Å². The van der Waals surface area contributed by atoms with Crippen LogP contribution in [-0.4, -0.2) is 12.1 Å². The number of rotatable bonds is 6. The van der Waals surface area contributed by atoms with Gasteiger partial charge in [-0.3, -0.25) is 4.79 Å². The Morgan fingerprint density at radius 2 is 1.83 bits per heavy atom. The molecule has 0 spiro atoms. The Bertz CT molecular complexity index is 794. The van der Waals surface area contributed by atoms with Crippen LogP contribution in [0.4, 0.5) is 0 Å². The number of nitrogens with zero attached hydrogens (tertiary/aromatic N) is 1. The van der Waals surface area contributed by atoms with Gasteiger partial charge in [0.15, 0.2) is 5.76 Å². The van der Waals surface area contributed by atoms with Gasteiger partial charge < -0.3 is 9.15 Å². The van der Waals surface area contributed by atoms with Gasteiger partial charge in [-0.2, -0.15) is 5.10 Å². The number of hydrogen-bond acceptors (Lipinski definition) is 4. The summed E-state index contributed by atoms with van der Waals surface area (Å²) in [6.45, 7) is 0.521. The number of hydrogen-bond donors (Lipinski definition) is 1. The van der Waals surface area contributed by atoms with E-state index in [-0.39, 0.29) is 11.7 Å². The van der Waals surface area contributed by atoms with E-state index in [4.69, 9.17) is 9.15 Å². The summed E-state index contributed by atoms with van der Waals surface area (Å²) in [6, 6.07) is 20.6. The lowest BCUT2D eigenvalue weighted by atomic mass is 10.2. The number of benzene rings is 2.